The zero-order valence-corrected chi connectivity index (χ0v) is 9.81. The number of nitrogens with zero attached hydrogens (tertiary/aromatic N) is 2. The Labute approximate surface area is 104 Å². The molecule has 1 fully saturated rings. The van der Waals surface area contributed by atoms with Crippen molar-refractivity contribution in [3.63, 3.8) is 0 Å². The van der Waals surface area contributed by atoms with Gasteiger partial charge in [-0.05, 0) is 18.6 Å². The fourth-order valence-electron chi connectivity index (χ4n) is 2.09. The fourth-order valence-corrected chi connectivity index (χ4v) is 2.39. The summed E-state index contributed by atoms with van der Waals surface area (Å²) in [7, 11) is 0. The van der Waals surface area contributed by atoms with Crippen molar-refractivity contribution in [2.45, 2.75) is 6.42 Å². The van der Waals surface area contributed by atoms with Gasteiger partial charge in [0.1, 0.15) is 6.07 Å². The fraction of sp³-hybridized carbons (Fsp3) is 0.333. The Morgan fingerprint density at radius 1 is 1.59 bits per heavy atom. The minimum atomic E-state index is -0.793. The number of hydrogen-bond donors (Lipinski definition) is 1. The van der Waals surface area contributed by atoms with Gasteiger partial charge in [-0.15, -0.1) is 0 Å². The topological polar surface area (TPSA) is 64.3 Å². The molecule has 88 valence electrons. The maximum absolute atomic E-state index is 10.9. The Hall–Kier alpha value is -1.73. The third kappa shape index (κ3) is 2.20. The molecule has 1 N–H and O–H groups in total. The molecule has 1 unspecified atom stereocenters. The van der Waals surface area contributed by atoms with E-state index in [4.69, 9.17) is 22.0 Å². The number of nitriles is 1. The molecule has 0 aliphatic carbocycles. The van der Waals surface area contributed by atoms with E-state index in [-0.39, 0.29) is 5.92 Å². The monoisotopic (exact) mass is 250 g/mol. The average Bonchev–Trinajstić information content (AvgIpc) is 2.77. The summed E-state index contributed by atoms with van der Waals surface area (Å²) in [4.78, 5) is 12.8. The molecule has 1 atom stereocenters. The lowest BCUT2D eigenvalue weighted by Gasteiger charge is -2.20. The molecule has 2 rings (SSSR count). The first-order valence-electron chi connectivity index (χ1n) is 5.30. The van der Waals surface area contributed by atoms with Gasteiger partial charge in [0, 0.05) is 13.1 Å². The zero-order chi connectivity index (χ0) is 12.4. The van der Waals surface area contributed by atoms with Gasteiger partial charge >= 0.3 is 5.97 Å². The Morgan fingerprint density at radius 2 is 2.35 bits per heavy atom. The van der Waals surface area contributed by atoms with Crippen molar-refractivity contribution >= 4 is 23.3 Å². The Morgan fingerprint density at radius 3 is 2.94 bits per heavy atom. The summed E-state index contributed by atoms with van der Waals surface area (Å²) in [6, 6.07) is 7.21. The van der Waals surface area contributed by atoms with Crippen molar-refractivity contribution in [1.82, 2.24) is 0 Å². The number of carboxylic acids is 1. The van der Waals surface area contributed by atoms with Crippen LogP contribution in [-0.4, -0.2) is 24.2 Å². The quantitative estimate of drug-likeness (QED) is 0.873. The van der Waals surface area contributed by atoms with Gasteiger partial charge in [-0.3, -0.25) is 4.79 Å². The molecule has 0 bridgehead atoms. The van der Waals surface area contributed by atoms with Gasteiger partial charge in [0.05, 0.1) is 22.2 Å². The molecule has 17 heavy (non-hydrogen) atoms. The molecule has 0 saturated carbocycles. The first-order valence-corrected chi connectivity index (χ1v) is 5.67. The third-order valence-electron chi connectivity index (χ3n) is 2.96. The van der Waals surface area contributed by atoms with E-state index < -0.39 is 5.97 Å². The first-order chi connectivity index (χ1) is 8.13. The summed E-state index contributed by atoms with van der Waals surface area (Å²) in [5, 5.41) is 18.5. The van der Waals surface area contributed by atoms with Crippen molar-refractivity contribution in [1.29, 1.82) is 5.26 Å². The van der Waals surface area contributed by atoms with Crippen LogP contribution in [0.3, 0.4) is 0 Å². The van der Waals surface area contributed by atoms with E-state index in [1.165, 1.54) is 0 Å². The van der Waals surface area contributed by atoms with Crippen molar-refractivity contribution in [3.05, 3.63) is 28.8 Å². The van der Waals surface area contributed by atoms with Crippen molar-refractivity contribution in [2.75, 3.05) is 18.0 Å². The molecule has 1 aliphatic heterocycles. The van der Waals surface area contributed by atoms with Crippen LogP contribution in [0.5, 0.6) is 0 Å². The first kappa shape index (κ1) is 11.7. The summed E-state index contributed by atoms with van der Waals surface area (Å²) in [6.07, 6.45) is 0.589. The molecule has 1 aliphatic rings. The zero-order valence-electron chi connectivity index (χ0n) is 9.06. The molecule has 1 heterocycles. The summed E-state index contributed by atoms with van der Waals surface area (Å²) in [5.41, 5.74) is 1.14. The summed E-state index contributed by atoms with van der Waals surface area (Å²) in [6.45, 7) is 1.03. The van der Waals surface area contributed by atoms with Gasteiger partial charge in [0.15, 0.2) is 0 Å². The molecule has 0 spiro atoms. The van der Waals surface area contributed by atoms with Crippen LogP contribution in [0.4, 0.5) is 5.69 Å². The molecular formula is C12H11ClN2O2. The molecule has 0 aromatic heterocycles. The molecular weight excluding hydrogens is 240 g/mol. The van der Waals surface area contributed by atoms with Gasteiger partial charge in [0.25, 0.3) is 0 Å². The molecule has 1 saturated heterocycles. The van der Waals surface area contributed by atoms with Gasteiger partial charge in [0.2, 0.25) is 0 Å². The highest BCUT2D eigenvalue weighted by atomic mass is 35.5. The van der Waals surface area contributed by atoms with E-state index in [2.05, 4.69) is 6.07 Å². The smallest absolute Gasteiger partial charge is 0.308 e. The number of para-hydroxylation sites is 1. The van der Waals surface area contributed by atoms with Crippen LogP contribution in [0.2, 0.25) is 5.02 Å². The van der Waals surface area contributed by atoms with Gasteiger partial charge in [-0.2, -0.15) is 5.26 Å². The van der Waals surface area contributed by atoms with Crippen molar-refractivity contribution in [2.24, 2.45) is 5.92 Å². The summed E-state index contributed by atoms with van der Waals surface area (Å²) >= 11 is 6.08. The molecule has 1 aromatic rings. The van der Waals surface area contributed by atoms with Crippen molar-refractivity contribution in [3.8, 4) is 6.07 Å². The number of carbonyl (C=O) groups is 1. The lowest BCUT2D eigenvalue weighted by Crippen LogP contribution is -2.23. The Bertz CT molecular complexity index is 496. The minimum absolute atomic E-state index is 0.377. The number of carboxylic acid groups (broad SMARTS) is 1. The lowest BCUT2D eigenvalue weighted by atomic mass is 10.1. The van der Waals surface area contributed by atoms with E-state index in [9.17, 15) is 4.79 Å². The molecule has 0 amide bonds. The van der Waals surface area contributed by atoms with E-state index in [0.29, 0.717) is 35.8 Å². The predicted molar refractivity (Wildman–Crippen MR) is 64.1 cm³/mol. The highest BCUT2D eigenvalue weighted by Gasteiger charge is 2.30. The van der Waals surface area contributed by atoms with Crippen LogP contribution in [0.15, 0.2) is 18.2 Å². The number of hydrogen-bond acceptors (Lipinski definition) is 3. The highest BCUT2D eigenvalue weighted by Crippen LogP contribution is 2.33. The van der Waals surface area contributed by atoms with Crippen LogP contribution in [0.1, 0.15) is 12.0 Å². The molecule has 1 aromatic carbocycles. The Balaban J connectivity index is 2.31. The van der Waals surface area contributed by atoms with E-state index in [1.54, 1.807) is 18.2 Å². The summed E-state index contributed by atoms with van der Waals surface area (Å²) < 4.78 is 0. The standard InChI is InChI=1S/C12H11ClN2O2/c13-10-3-1-2-8(6-14)11(10)15-5-4-9(7-15)12(16)17/h1-3,9H,4-5,7H2,(H,16,17). The highest BCUT2D eigenvalue weighted by molar-refractivity contribution is 6.33. The maximum atomic E-state index is 10.9. The van der Waals surface area contributed by atoms with Crippen LogP contribution in [-0.2, 0) is 4.79 Å². The van der Waals surface area contributed by atoms with Crippen LogP contribution < -0.4 is 4.90 Å². The van der Waals surface area contributed by atoms with Gasteiger partial charge in [-0.1, -0.05) is 17.7 Å². The van der Waals surface area contributed by atoms with E-state index in [1.807, 2.05) is 4.90 Å². The number of halogens is 1. The second-order valence-corrected chi connectivity index (χ2v) is 4.42. The van der Waals surface area contributed by atoms with Gasteiger partial charge in [-0.25, -0.2) is 0 Å². The summed E-state index contributed by atoms with van der Waals surface area (Å²) in [5.74, 6) is -1.17. The number of rotatable bonds is 2. The minimum Gasteiger partial charge on any atom is -0.481 e. The van der Waals surface area contributed by atoms with E-state index >= 15 is 0 Å². The second kappa shape index (κ2) is 4.64. The number of anilines is 1. The predicted octanol–water partition coefficient (Wildman–Crippen LogP) is 2.12. The van der Waals surface area contributed by atoms with Crippen molar-refractivity contribution < 1.29 is 9.90 Å². The lowest BCUT2D eigenvalue weighted by molar-refractivity contribution is -0.140. The van der Waals surface area contributed by atoms with E-state index in [0.717, 1.165) is 0 Å². The molecule has 5 heteroatoms. The number of aliphatic carboxylic acids is 1. The maximum Gasteiger partial charge on any atom is 0.308 e. The normalized spacial score (nSPS) is 19.1. The average molecular weight is 251 g/mol. The molecule has 4 nitrogen and oxygen atoms in total. The van der Waals surface area contributed by atoms with Gasteiger partial charge < -0.3 is 10.0 Å². The molecule has 0 radical (unpaired) electrons. The SMILES string of the molecule is N#Cc1cccc(Cl)c1N1CCC(C(=O)O)C1. The van der Waals surface area contributed by atoms with Crippen LogP contribution in [0, 0.1) is 17.2 Å². The van der Waals surface area contributed by atoms with Crippen LogP contribution >= 0.6 is 11.6 Å². The van der Waals surface area contributed by atoms with Crippen LogP contribution in [0.25, 0.3) is 0 Å². The third-order valence-corrected chi connectivity index (χ3v) is 3.27. The largest absolute Gasteiger partial charge is 0.481 e. The number of benzene rings is 1. The Kier molecular flexibility index (Phi) is 3.21. The second-order valence-electron chi connectivity index (χ2n) is 4.02.